The minimum Gasteiger partial charge on any atom is -0.493 e. The first-order chi connectivity index (χ1) is 16.4. The van der Waals surface area contributed by atoms with Crippen LogP contribution in [0.25, 0.3) is 0 Å². The van der Waals surface area contributed by atoms with Crippen LogP contribution in [0.1, 0.15) is 94.9 Å². The summed E-state index contributed by atoms with van der Waals surface area (Å²) >= 11 is 1.87. The van der Waals surface area contributed by atoms with Crippen molar-refractivity contribution in [3.8, 4) is 17.6 Å². The fourth-order valence-corrected chi connectivity index (χ4v) is 5.30. The van der Waals surface area contributed by atoms with Crippen LogP contribution in [-0.2, 0) is 14.9 Å². The van der Waals surface area contributed by atoms with Crippen LogP contribution in [-0.4, -0.2) is 24.9 Å². The molecule has 1 unspecified atom stereocenters. The highest BCUT2D eigenvalue weighted by Gasteiger charge is 2.29. The number of hydrogen-bond donors (Lipinski definition) is 0. The summed E-state index contributed by atoms with van der Waals surface area (Å²) < 4.78 is 11.3. The van der Waals surface area contributed by atoms with Crippen LogP contribution >= 0.6 is 11.8 Å². The fraction of sp³-hybridized carbons (Fsp3) is 0.500. The lowest BCUT2D eigenvalue weighted by Crippen LogP contribution is -2.26. The van der Waals surface area contributed by atoms with E-state index in [0.29, 0.717) is 6.61 Å². The van der Waals surface area contributed by atoms with Gasteiger partial charge in [0.2, 0.25) is 0 Å². The van der Waals surface area contributed by atoms with E-state index >= 15 is 0 Å². The van der Waals surface area contributed by atoms with E-state index in [2.05, 4.69) is 51.7 Å². The molecule has 1 aliphatic heterocycles. The summed E-state index contributed by atoms with van der Waals surface area (Å²) in [5.41, 5.74) is 4.34. The monoisotopic (exact) mass is 478 g/mol. The molecule has 2 aromatic carbocycles. The molecule has 0 fully saturated rings. The van der Waals surface area contributed by atoms with Gasteiger partial charge in [0.15, 0.2) is 0 Å². The van der Waals surface area contributed by atoms with Crippen molar-refractivity contribution in [2.75, 3.05) is 19.0 Å². The largest absolute Gasteiger partial charge is 0.493 e. The number of hydrogen-bond acceptors (Lipinski definition) is 4. The molecule has 0 bridgehead atoms. The molecular formula is C30H38O3S. The molecule has 4 heteroatoms. The van der Waals surface area contributed by atoms with E-state index in [1.54, 1.807) is 0 Å². The van der Waals surface area contributed by atoms with Gasteiger partial charge in [0, 0.05) is 21.6 Å². The lowest BCUT2D eigenvalue weighted by atomic mass is 9.79. The van der Waals surface area contributed by atoms with Crippen LogP contribution < -0.4 is 4.74 Å². The smallest absolute Gasteiger partial charge is 0.313 e. The molecule has 0 saturated heterocycles. The molecule has 2 aromatic rings. The molecule has 3 nitrogen and oxygen atoms in total. The molecular weight excluding hydrogens is 440 g/mol. The second-order valence-corrected chi connectivity index (χ2v) is 10.6. The Bertz CT molecular complexity index is 1030. The molecule has 1 atom stereocenters. The summed E-state index contributed by atoms with van der Waals surface area (Å²) in [5.74, 6) is 8.53. The van der Waals surface area contributed by atoms with Gasteiger partial charge < -0.3 is 9.47 Å². The number of fused-ring (bicyclic) bond motifs is 1. The van der Waals surface area contributed by atoms with Gasteiger partial charge in [-0.3, -0.25) is 4.79 Å². The van der Waals surface area contributed by atoms with E-state index in [1.165, 1.54) is 23.3 Å². The van der Waals surface area contributed by atoms with Crippen LogP contribution in [0.4, 0.5) is 0 Å². The Hall–Kier alpha value is -2.38. The molecule has 0 N–H and O–H groups in total. The van der Waals surface area contributed by atoms with Crippen molar-refractivity contribution in [2.24, 2.45) is 0 Å². The summed E-state index contributed by atoms with van der Waals surface area (Å²) in [6, 6.07) is 12.5. The maximum absolute atomic E-state index is 12.4. The van der Waals surface area contributed by atoms with Gasteiger partial charge in [-0.2, -0.15) is 0 Å². The third-order valence-corrected chi connectivity index (χ3v) is 7.50. The number of thioether (sulfide) groups is 1. The minimum atomic E-state index is -0.212. The first kappa shape index (κ1) is 26.2. The first-order valence-electron chi connectivity index (χ1n) is 12.6. The Morgan fingerprint density at radius 1 is 1.12 bits per heavy atom. The maximum atomic E-state index is 12.4. The van der Waals surface area contributed by atoms with Crippen LogP contribution in [0.2, 0.25) is 0 Å². The van der Waals surface area contributed by atoms with Crippen molar-refractivity contribution in [3.63, 3.8) is 0 Å². The average molecular weight is 479 g/mol. The zero-order chi connectivity index (χ0) is 24.6. The lowest BCUT2D eigenvalue weighted by Gasteiger charge is -2.33. The zero-order valence-corrected chi connectivity index (χ0v) is 22.1. The Morgan fingerprint density at radius 2 is 1.88 bits per heavy atom. The maximum Gasteiger partial charge on any atom is 0.313 e. The number of ether oxygens (including phenoxy) is 2. The lowest BCUT2D eigenvalue weighted by molar-refractivity contribution is -0.145. The van der Waals surface area contributed by atoms with Gasteiger partial charge >= 0.3 is 5.97 Å². The predicted molar refractivity (Wildman–Crippen MR) is 142 cm³/mol. The summed E-state index contributed by atoms with van der Waals surface area (Å²) in [7, 11) is 0. The highest BCUT2D eigenvalue weighted by atomic mass is 32.2. The third kappa shape index (κ3) is 6.60. The van der Waals surface area contributed by atoms with Crippen LogP contribution in [0.5, 0.6) is 5.75 Å². The van der Waals surface area contributed by atoms with Gasteiger partial charge in [0.25, 0.3) is 0 Å². The fourth-order valence-electron chi connectivity index (χ4n) is 4.19. The second kappa shape index (κ2) is 12.4. The van der Waals surface area contributed by atoms with Crippen LogP contribution in [0, 0.1) is 11.8 Å². The topological polar surface area (TPSA) is 35.5 Å². The van der Waals surface area contributed by atoms with Gasteiger partial charge in [0.05, 0.1) is 19.1 Å². The molecule has 1 heterocycles. The van der Waals surface area contributed by atoms with Crippen LogP contribution in [0.3, 0.4) is 0 Å². The van der Waals surface area contributed by atoms with E-state index in [0.717, 1.165) is 54.1 Å². The Morgan fingerprint density at radius 3 is 2.56 bits per heavy atom. The van der Waals surface area contributed by atoms with Gasteiger partial charge in [-0.25, -0.2) is 0 Å². The van der Waals surface area contributed by atoms with Crippen molar-refractivity contribution in [3.05, 3.63) is 58.7 Å². The molecule has 0 saturated carbocycles. The molecule has 0 radical (unpaired) electrons. The molecule has 0 amide bonds. The third-order valence-electron chi connectivity index (χ3n) is 6.35. The molecule has 3 rings (SSSR count). The second-order valence-electron chi connectivity index (χ2n) is 9.49. The number of carbonyl (C=O) groups is 1. The highest BCUT2D eigenvalue weighted by molar-refractivity contribution is 7.99. The molecule has 182 valence electrons. The Kier molecular flexibility index (Phi) is 9.54. The van der Waals surface area contributed by atoms with E-state index in [4.69, 9.17) is 9.47 Å². The Labute approximate surface area is 210 Å². The number of benzene rings is 2. The summed E-state index contributed by atoms with van der Waals surface area (Å²) in [4.78, 5) is 13.6. The van der Waals surface area contributed by atoms with E-state index in [9.17, 15) is 4.79 Å². The Balaban J connectivity index is 1.89. The molecule has 34 heavy (non-hydrogen) atoms. The molecule has 0 aromatic heterocycles. The van der Waals surface area contributed by atoms with Crippen molar-refractivity contribution in [2.45, 2.75) is 83.0 Å². The first-order valence-corrected chi connectivity index (χ1v) is 13.6. The average Bonchev–Trinajstić information content (AvgIpc) is 2.82. The van der Waals surface area contributed by atoms with E-state index < -0.39 is 0 Å². The van der Waals surface area contributed by atoms with E-state index in [1.807, 2.05) is 43.0 Å². The van der Waals surface area contributed by atoms with Crippen LogP contribution in [0.15, 0.2) is 41.3 Å². The number of rotatable bonds is 9. The van der Waals surface area contributed by atoms with Gasteiger partial charge in [0.1, 0.15) is 5.75 Å². The van der Waals surface area contributed by atoms with Gasteiger partial charge in [-0.15, -0.1) is 11.8 Å². The number of esters is 1. The summed E-state index contributed by atoms with van der Waals surface area (Å²) in [6.07, 6.45) is 5.09. The van der Waals surface area contributed by atoms with Crippen molar-refractivity contribution in [1.29, 1.82) is 0 Å². The van der Waals surface area contributed by atoms with Gasteiger partial charge in [-0.05, 0) is 67.2 Å². The minimum absolute atomic E-state index is 0.0830. The highest BCUT2D eigenvalue weighted by Crippen LogP contribution is 2.42. The summed E-state index contributed by atoms with van der Waals surface area (Å²) in [5, 5.41) is 0. The normalized spacial score (nSPS) is 14.9. The van der Waals surface area contributed by atoms with Crippen molar-refractivity contribution < 1.29 is 14.3 Å². The molecule has 0 aliphatic carbocycles. The zero-order valence-electron chi connectivity index (χ0n) is 21.3. The number of unbranched alkanes of at least 4 members (excludes halogenated alkanes) is 1. The number of carbonyl (C=O) groups excluding carboxylic acids is 1. The molecule has 0 spiro atoms. The van der Waals surface area contributed by atoms with Crippen molar-refractivity contribution >= 4 is 17.7 Å². The predicted octanol–water partition coefficient (Wildman–Crippen LogP) is 7.49. The standard InChI is InChI=1S/C30H38O3S/c1-6-9-19-34-28-21-27-26(30(4,5)17-18-33-27)20-24(28)16-13-22-11-14-23(15-12-22)25(10-7-2)29(31)32-8-3/h11-12,14-15,20-21,25H,6-10,17-19H2,1-5H3. The van der Waals surface area contributed by atoms with Gasteiger partial charge in [-0.1, -0.05) is 64.5 Å². The summed E-state index contributed by atoms with van der Waals surface area (Å²) in [6.45, 7) is 11.9. The SMILES string of the molecule is CCCCSc1cc2c(cc1C#Cc1ccc(C(CCC)C(=O)OCC)cc1)C(C)(C)CCO2. The van der Waals surface area contributed by atoms with E-state index in [-0.39, 0.29) is 17.3 Å². The van der Waals surface area contributed by atoms with Crippen molar-refractivity contribution in [1.82, 2.24) is 0 Å². The molecule has 1 aliphatic rings. The quantitative estimate of drug-likeness (QED) is 0.162.